The van der Waals surface area contributed by atoms with Gasteiger partial charge in [0.15, 0.2) is 0 Å². The van der Waals surface area contributed by atoms with Crippen LogP contribution in [0.3, 0.4) is 0 Å². The summed E-state index contributed by atoms with van der Waals surface area (Å²) < 4.78 is 39.4. The molecule has 0 atom stereocenters. The molecule has 8 heteroatoms. The summed E-state index contributed by atoms with van der Waals surface area (Å²) in [5.41, 5.74) is 6.00. The molecule has 0 aliphatic carbocycles. The molecule has 1 aromatic carbocycles. The first kappa shape index (κ1) is 15.3. The molecule has 0 heterocycles. The Kier molecular flexibility index (Phi) is 6.15. The van der Waals surface area contributed by atoms with E-state index in [1.54, 1.807) is 12.1 Å². The summed E-state index contributed by atoms with van der Waals surface area (Å²) in [6.07, 6.45) is 0. The summed E-state index contributed by atoms with van der Waals surface area (Å²) >= 11 is 0. The van der Waals surface area contributed by atoms with Crippen molar-refractivity contribution >= 4 is 16.3 Å². The molecule has 96 valence electrons. The lowest BCUT2D eigenvalue weighted by atomic mass is 10.2. The van der Waals surface area contributed by atoms with Crippen molar-refractivity contribution in [3.05, 3.63) is 29.8 Å². The summed E-state index contributed by atoms with van der Waals surface area (Å²) in [6.45, 7) is 2.49. The standard InChI is InChI=1S/C9H12N2O.FHO3S/c1-2-12-8-6-4-3-5-7(8)9(10)11;1-5(2,3)4/h3-6H,2H2,1H3,(H3,10,11);(H,2,3,4). The van der Waals surface area contributed by atoms with Crippen LogP contribution in [0.4, 0.5) is 3.89 Å². The van der Waals surface area contributed by atoms with Gasteiger partial charge in [-0.15, -0.1) is 0 Å². The van der Waals surface area contributed by atoms with Crippen molar-refractivity contribution < 1.29 is 21.6 Å². The molecule has 0 unspecified atom stereocenters. The van der Waals surface area contributed by atoms with Crippen molar-refractivity contribution in [1.82, 2.24) is 0 Å². The van der Waals surface area contributed by atoms with Crippen LogP contribution in [0.15, 0.2) is 24.3 Å². The fourth-order valence-corrected chi connectivity index (χ4v) is 0.971. The molecule has 0 radical (unpaired) electrons. The molecule has 6 nitrogen and oxygen atoms in total. The minimum atomic E-state index is -5.17. The molecule has 0 saturated heterocycles. The minimum absolute atomic E-state index is 0.0408. The third kappa shape index (κ3) is 8.17. The quantitative estimate of drug-likeness (QED) is 0.328. The number of nitrogen functional groups attached to an aromatic ring is 1. The Bertz CT molecular complexity index is 468. The predicted molar refractivity (Wildman–Crippen MR) is 61.3 cm³/mol. The molecule has 0 spiro atoms. The first-order valence-electron chi connectivity index (χ1n) is 4.49. The summed E-state index contributed by atoms with van der Waals surface area (Å²) in [6, 6.07) is 7.27. The molecule has 1 rings (SSSR count). The van der Waals surface area contributed by atoms with Crippen molar-refractivity contribution in [1.29, 1.82) is 5.41 Å². The first-order valence-corrected chi connectivity index (χ1v) is 5.83. The summed E-state index contributed by atoms with van der Waals surface area (Å²) in [5.74, 6) is 0.714. The SMILES string of the molecule is CCOc1ccccc1C(=N)N.O=S(=O)(O)F. The van der Waals surface area contributed by atoms with Gasteiger partial charge in [0.05, 0.1) is 12.2 Å². The molecular weight excluding hydrogens is 251 g/mol. The zero-order chi connectivity index (χ0) is 13.5. The van der Waals surface area contributed by atoms with Crippen molar-refractivity contribution in [3.63, 3.8) is 0 Å². The third-order valence-corrected chi connectivity index (χ3v) is 1.48. The number of amidine groups is 1. The van der Waals surface area contributed by atoms with Crippen LogP contribution in [0, 0.1) is 5.41 Å². The van der Waals surface area contributed by atoms with Crippen molar-refractivity contribution in [2.75, 3.05) is 6.61 Å². The highest BCUT2D eigenvalue weighted by molar-refractivity contribution is 7.80. The Balaban J connectivity index is 0.000000437. The summed E-state index contributed by atoms with van der Waals surface area (Å²) in [7, 11) is -5.17. The van der Waals surface area contributed by atoms with E-state index in [4.69, 9.17) is 28.9 Å². The number of nitrogens with two attached hydrogens (primary N) is 1. The Labute approximate surface area is 98.8 Å². The van der Waals surface area contributed by atoms with Gasteiger partial charge in [0.25, 0.3) is 0 Å². The van der Waals surface area contributed by atoms with Gasteiger partial charge >= 0.3 is 10.5 Å². The Morgan fingerprint density at radius 1 is 1.53 bits per heavy atom. The van der Waals surface area contributed by atoms with Gasteiger partial charge in [0.2, 0.25) is 0 Å². The minimum Gasteiger partial charge on any atom is -0.493 e. The number of rotatable bonds is 3. The second-order valence-electron chi connectivity index (χ2n) is 2.75. The van der Waals surface area contributed by atoms with Crippen LogP contribution in [0.1, 0.15) is 12.5 Å². The van der Waals surface area contributed by atoms with Crippen LogP contribution in [-0.4, -0.2) is 25.4 Å². The number of benzene rings is 1. The van der Waals surface area contributed by atoms with Crippen LogP contribution in [0.5, 0.6) is 5.75 Å². The maximum atomic E-state index is 10.2. The van der Waals surface area contributed by atoms with E-state index in [0.717, 1.165) is 0 Å². The smallest absolute Gasteiger partial charge is 0.435 e. The largest absolute Gasteiger partial charge is 0.493 e. The van der Waals surface area contributed by atoms with E-state index in [2.05, 4.69) is 0 Å². The zero-order valence-corrected chi connectivity index (χ0v) is 9.87. The number of hydrogen-bond acceptors (Lipinski definition) is 4. The predicted octanol–water partition coefficient (Wildman–Crippen LogP) is 1.13. The number of halogens is 1. The molecule has 4 N–H and O–H groups in total. The van der Waals surface area contributed by atoms with Gasteiger partial charge in [0.1, 0.15) is 11.6 Å². The maximum absolute atomic E-state index is 10.2. The van der Waals surface area contributed by atoms with Gasteiger partial charge in [-0.05, 0) is 19.1 Å². The van der Waals surface area contributed by atoms with Gasteiger partial charge < -0.3 is 10.5 Å². The molecule has 0 aromatic heterocycles. The molecule has 0 aliphatic heterocycles. The number of nitrogens with one attached hydrogen (secondary N) is 1. The Morgan fingerprint density at radius 3 is 2.41 bits per heavy atom. The van der Waals surface area contributed by atoms with E-state index >= 15 is 0 Å². The van der Waals surface area contributed by atoms with Crippen molar-refractivity contribution in [2.24, 2.45) is 5.73 Å². The van der Waals surface area contributed by atoms with Crippen LogP contribution in [-0.2, 0) is 10.5 Å². The van der Waals surface area contributed by atoms with Crippen LogP contribution >= 0.6 is 0 Å². The van der Waals surface area contributed by atoms with E-state index in [-0.39, 0.29) is 5.84 Å². The monoisotopic (exact) mass is 264 g/mol. The highest BCUT2D eigenvalue weighted by Gasteiger charge is 2.03. The lowest BCUT2D eigenvalue weighted by Crippen LogP contribution is -2.12. The molecule has 1 aromatic rings. The van der Waals surface area contributed by atoms with Crippen LogP contribution < -0.4 is 10.5 Å². The number of para-hydroxylation sites is 1. The van der Waals surface area contributed by atoms with E-state index < -0.39 is 10.5 Å². The third-order valence-electron chi connectivity index (χ3n) is 1.48. The fourth-order valence-electron chi connectivity index (χ4n) is 0.971. The molecule has 0 amide bonds. The van der Waals surface area contributed by atoms with E-state index in [9.17, 15) is 3.89 Å². The maximum Gasteiger partial charge on any atom is 0.435 e. The van der Waals surface area contributed by atoms with Crippen LogP contribution in [0.25, 0.3) is 0 Å². The summed E-state index contributed by atoms with van der Waals surface area (Å²) in [5, 5.41) is 7.25. The fraction of sp³-hybridized carbons (Fsp3) is 0.222. The van der Waals surface area contributed by atoms with Crippen molar-refractivity contribution in [3.8, 4) is 5.75 Å². The van der Waals surface area contributed by atoms with Gasteiger partial charge in [0, 0.05) is 0 Å². The Hall–Kier alpha value is -1.67. The second-order valence-corrected chi connectivity index (χ2v) is 3.58. The topological polar surface area (TPSA) is 113 Å². The van der Waals surface area contributed by atoms with E-state index in [0.29, 0.717) is 17.9 Å². The average Bonchev–Trinajstić information content (AvgIpc) is 2.16. The lowest BCUT2D eigenvalue weighted by Gasteiger charge is -2.07. The number of hydrogen-bond donors (Lipinski definition) is 3. The molecular formula is C9H13FN2O4S. The van der Waals surface area contributed by atoms with Crippen molar-refractivity contribution in [2.45, 2.75) is 6.92 Å². The second kappa shape index (κ2) is 6.81. The normalized spacial score (nSPS) is 10.1. The van der Waals surface area contributed by atoms with E-state index in [1.165, 1.54) is 0 Å². The highest BCUT2D eigenvalue weighted by atomic mass is 32.3. The first-order chi connectivity index (χ1) is 7.75. The van der Waals surface area contributed by atoms with Gasteiger partial charge in [-0.1, -0.05) is 16.0 Å². The summed E-state index contributed by atoms with van der Waals surface area (Å²) in [4.78, 5) is 0. The molecule has 0 aliphatic rings. The van der Waals surface area contributed by atoms with Crippen LogP contribution in [0.2, 0.25) is 0 Å². The lowest BCUT2D eigenvalue weighted by molar-refractivity contribution is 0.339. The van der Waals surface area contributed by atoms with Gasteiger partial charge in [-0.3, -0.25) is 9.96 Å². The molecule has 17 heavy (non-hydrogen) atoms. The molecule has 0 fully saturated rings. The molecule has 0 saturated carbocycles. The highest BCUT2D eigenvalue weighted by Crippen LogP contribution is 2.16. The molecule has 0 bridgehead atoms. The zero-order valence-electron chi connectivity index (χ0n) is 9.05. The average molecular weight is 264 g/mol. The van der Waals surface area contributed by atoms with E-state index in [1.807, 2.05) is 19.1 Å². The van der Waals surface area contributed by atoms with Gasteiger partial charge in [-0.25, -0.2) is 0 Å². The Morgan fingerprint density at radius 2 is 2.00 bits per heavy atom. The van der Waals surface area contributed by atoms with Gasteiger partial charge in [-0.2, -0.15) is 8.42 Å². The number of ether oxygens (including phenoxy) is 1.